The Morgan fingerprint density at radius 2 is 2.37 bits per heavy atom. The summed E-state index contributed by atoms with van der Waals surface area (Å²) in [6, 6.07) is 3.84. The molecule has 5 nitrogen and oxygen atoms in total. The summed E-state index contributed by atoms with van der Waals surface area (Å²) >= 11 is 0. The number of nitrogens with one attached hydrogen (secondary N) is 1. The van der Waals surface area contributed by atoms with Gasteiger partial charge in [-0.2, -0.15) is 4.98 Å². The maximum Gasteiger partial charge on any atom is 0.215 e. The lowest BCUT2D eigenvalue weighted by Gasteiger charge is -2.06. The second-order valence-corrected chi connectivity index (χ2v) is 4.81. The van der Waals surface area contributed by atoms with Crippen LogP contribution < -0.4 is 4.74 Å². The zero-order valence-electron chi connectivity index (χ0n) is 11.2. The van der Waals surface area contributed by atoms with E-state index in [9.17, 15) is 0 Å². The quantitative estimate of drug-likeness (QED) is 0.898. The van der Waals surface area contributed by atoms with Crippen molar-refractivity contribution in [2.45, 2.75) is 38.7 Å². The highest BCUT2D eigenvalue weighted by Gasteiger charge is 2.16. The average Bonchev–Trinajstić information content (AvgIpc) is 3.05. The molecule has 3 heterocycles. The van der Waals surface area contributed by atoms with Crippen LogP contribution in [0.2, 0.25) is 0 Å². The molecule has 1 aliphatic rings. The van der Waals surface area contributed by atoms with Crippen molar-refractivity contribution in [3.05, 3.63) is 18.0 Å². The molecule has 0 bridgehead atoms. The van der Waals surface area contributed by atoms with Crippen molar-refractivity contribution in [3.8, 4) is 5.88 Å². The van der Waals surface area contributed by atoms with Crippen LogP contribution in [0.25, 0.3) is 11.2 Å². The van der Waals surface area contributed by atoms with Crippen LogP contribution in [0.5, 0.6) is 5.88 Å². The number of aromatic amines is 1. The normalized spacial score (nSPS) is 19.1. The fourth-order valence-electron chi connectivity index (χ4n) is 2.44. The Morgan fingerprint density at radius 1 is 1.42 bits per heavy atom. The zero-order valence-corrected chi connectivity index (χ0v) is 11.2. The first-order chi connectivity index (χ1) is 9.35. The lowest BCUT2D eigenvalue weighted by atomic mass is 10.1. The molecule has 0 saturated carbocycles. The number of hydrogen-bond donors (Lipinski definition) is 1. The molecule has 0 aliphatic carbocycles. The van der Waals surface area contributed by atoms with Gasteiger partial charge in [0, 0.05) is 19.1 Å². The number of pyridine rings is 1. The highest BCUT2D eigenvalue weighted by atomic mass is 16.5. The van der Waals surface area contributed by atoms with Gasteiger partial charge in [0.15, 0.2) is 5.65 Å². The van der Waals surface area contributed by atoms with E-state index in [1.165, 1.54) is 12.8 Å². The predicted octanol–water partition coefficient (Wildman–Crippen LogP) is 2.47. The monoisotopic (exact) mass is 261 g/mol. The van der Waals surface area contributed by atoms with Gasteiger partial charge in [-0.05, 0) is 32.3 Å². The minimum absolute atomic E-state index is 0.403. The van der Waals surface area contributed by atoms with Gasteiger partial charge in [-0.3, -0.25) is 0 Å². The van der Waals surface area contributed by atoms with Gasteiger partial charge in [0.1, 0.15) is 5.82 Å². The summed E-state index contributed by atoms with van der Waals surface area (Å²) in [5.74, 6) is 1.61. The van der Waals surface area contributed by atoms with Crippen molar-refractivity contribution in [3.63, 3.8) is 0 Å². The standard InChI is InChI=1S/C14H19N3O2/c1-2-18-13-8-6-11-14(17-13)16-12(15-11)7-5-10-4-3-9-19-10/h6,8,10H,2-5,7,9H2,1H3,(H,15,16,17). The van der Waals surface area contributed by atoms with E-state index in [4.69, 9.17) is 9.47 Å². The summed E-state index contributed by atoms with van der Waals surface area (Å²) in [5, 5.41) is 0. The molecule has 2 aromatic rings. The highest BCUT2D eigenvalue weighted by molar-refractivity contribution is 5.71. The van der Waals surface area contributed by atoms with E-state index in [-0.39, 0.29) is 0 Å². The van der Waals surface area contributed by atoms with Gasteiger partial charge >= 0.3 is 0 Å². The first-order valence-corrected chi connectivity index (χ1v) is 6.95. The van der Waals surface area contributed by atoms with Crippen molar-refractivity contribution in [1.82, 2.24) is 15.0 Å². The third-order valence-electron chi connectivity index (χ3n) is 3.39. The number of H-pyrrole nitrogens is 1. The van der Waals surface area contributed by atoms with Crippen LogP contribution in [0.1, 0.15) is 32.0 Å². The number of fused-ring (bicyclic) bond motifs is 1. The smallest absolute Gasteiger partial charge is 0.215 e. The summed E-state index contributed by atoms with van der Waals surface area (Å²) in [7, 11) is 0. The van der Waals surface area contributed by atoms with Crippen molar-refractivity contribution in [2.75, 3.05) is 13.2 Å². The lowest BCUT2D eigenvalue weighted by Crippen LogP contribution is -2.06. The zero-order chi connectivity index (χ0) is 13.1. The first kappa shape index (κ1) is 12.4. The number of aryl methyl sites for hydroxylation is 1. The summed E-state index contributed by atoms with van der Waals surface area (Å²) in [5.41, 5.74) is 1.69. The van der Waals surface area contributed by atoms with Crippen LogP contribution in [0, 0.1) is 0 Å². The van der Waals surface area contributed by atoms with Crippen LogP contribution in [0.4, 0.5) is 0 Å². The molecule has 1 atom stereocenters. The molecular weight excluding hydrogens is 242 g/mol. The maximum absolute atomic E-state index is 5.62. The Balaban J connectivity index is 1.69. The third-order valence-corrected chi connectivity index (χ3v) is 3.39. The molecule has 19 heavy (non-hydrogen) atoms. The van der Waals surface area contributed by atoms with Crippen molar-refractivity contribution >= 4 is 11.2 Å². The molecule has 1 saturated heterocycles. The molecular formula is C14H19N3O2. The molecule has 1 unspecified atom stereocenters. The van der Waals surface area contributed by atoms with E-state index in [0.717, 1.165) is 36.4 Å². The fourth-order valence-corrected chi connectivity index (χ4v) is 2.44. The van der Waals surface area contributed by atoms with E-state index >= 15 is 0 Å². The number of ether oxygens (including phenoxy) is 2. The van der Waals surface area contributed by atoms with Crippen LogP contribution >= 0.6 is 0 Å². The van der Waals surface area contributed by atoms with Gasteiger partial charge < -0.3 is 14.5 Å². The van der Waals surface area contributed by atoms with Crippen LogP contribution in [0.3, 0.4) is 0 Å². The second-order valence-electron chi connectivity index (χ2n) is 4.81. The van der Waals surface area contributed by atoms with Gasteiger partial charge in [0.25, 0.3) is 0 Å². The lowest BCUT2D eigenvalue weighted by molar-refractivity contribution is 0.104. The summed E-state index contributed by atoms with van der Waals surface area (Å²) in [6.45, 7) is 3.47. The minimum atomic E-state index is 0.403. The predicted molar refractivity (Wildman–Crippen MR) is 72.4 cm³/mol. The second kappa shape index (κ2) is 5.57. The number of rotatable bonds is 5. The Morgan fingerprint density at radius 3 is 3.16 bits per heavy atom. The van der Waals surface area contributed by atoms with Crippen LogP contribution in [-0.4, -0.2) is 34.3 Å². The van der Waals surface area contributed by atoms with Gasteiger partial charge in [0.05, 0.1) is 18.2 Å². The highest BCUT2D eigenvalue weighted by Crippen LogP contribution is 2.19. The minimum Gasteiger partial charge on any atom is -0.478 e. The molecule has 1 aliphatic heterocycles. The van der Waals surface area contributed by atoms with Crippen molar-refractivity contribution < 1.29 is 9.47 Å². The summed E-state index contributed by atoms with van der Waals surface area (Å²) in [6.07, 6.45) is 4.69. The van der Waals surface area contributed by atoms with Gasteiger partial charge in [-0.1, -0.05) is 0 Å². The average molecular weight is 261 g/mol. The molecule has 1 fully saturated rings. The Bertz CT molecular complexity index is 547. The maximum atomic E-state index is 5.62. The van der Waals surface area contributed by atoms with Crippen LogP contribution in [-0.2, 0) is 11.2 Å². The molecule has 1 N–H and O–H groups in total. The molecule has 0 radical (unpaired) electrons. The summed E-state index contributed by atoms with van der Waals surface area (Å²) < 4.78 is 11.0. The van der Waals surface area contributed by atoms with Crippen molar-refractivity contribution in [2.24, 2.45) is 0 Å². The molecule has 0 aromatic carbocycles. The first-order valence-electron chi connectivity index (χ1n) is 6.95. The topological polar surface area (TPSA) is 60.0 Å². The van der Waals surface area contributed by atoms with E-state index in [1.807, 2.05) is 19.1 Å². The molecule has 102 valence electrons. The van der Waals surface area contributed by atoms with Crippen LogP contribution in [0.15, 0.2) is 12.1 Å². The fraction of sp³-hybridized carbons (Fsp3) is 0.571. The van der Waals surface area contributed by atoms with E-state index in [1.54, 1.807) is 0 Å². The number of aromatic nitrogens is 3. The molecule has 0 spiro atoms. The van der Waals surface area contributed by atoms with Gasteiger partial charge in [-0.25, -0.2) is 4.98 Å². The molecule has 5 heteroatoms. The molecule has 0 amide bonds. The van der Waals surface area contributed by atoms with Gasteiger partial charge in [-0.15, -0.1) is 0 Å². The number of hydrogen-bond acceptors (Lipinski definition) is 4. The Kier molecular flexibility index (Phi) is 3.64. The Labute approximate surface area is 112 Å². The van der Waals surface area contributed by atoms with E-state index < -0.39 is 0 Å². The van der Waals surface area contributed by atoms with Gasteiger partial charge in [0.2, 0.25) is 5.88 Å². The van der Waals surface area contributed by atoms with Crippen molar-refractivity contribution in [1.29, 1.82) is 0 Å². The summed E-state index contributed by atoms with van der Waals surface area (Å²) in [4.78, 5) is 12.2. The third kappa shape index (κ3) is 2.87. The number of nitrogens with zero attached hydrogens (tertiary/aromatic N) is 2. The van der Waals surface area contributed by atoms with E-state index in [2.05, 4.69) is 15.0 Å². The Hall–Kier alpha value is -1.62. The number of imidazole rings is 1. The van der Waals surface area contributed by atoms with E-state index in [0.29, 0.717) is 18.6 Å². The SMILES string of the molecule is CCOc1ccc2[nH]c(CCC3CCCO3)nc2n1. The largest absolute Gasteiger partial charge is 0.478 e. The molecule has 2 aromatic heterocycles. The molecule has 3 rings (SSSR count).